The smallest absolute Gasteiger partial charge is 0.256 e. The van der Waals surface area contributed by atoms with E-state index in [9.17, 15) is 14.3 Å². The van der Waals surface area contributed by atoms with Crippen LogP contribution in [0, 0.1) is 5.82 Å². The molecule has 1 N–H and O–H groups in total. The van der Waals surface area contributed by atoms with Crippen molar-refractivity contribution in [3.8, 4) is 0 Å². The Balaban J connectivity index is 1.44. The second kappa shape index (κ2) is 10.2. The van der Waals surface area contributed by atoms with E-state index in [1.165, 1.54) is 23.8 Å². The summed E-state index contributed by atoms with van der Waals surface area (Å²) < 4.78 is 13.9. The molecule has 0 aliphatic carbocycles. The molecule has 0 bridgehead atoms. The molecule has 1 saturated heterocycles. The Kier molecular flexibility index (Phi) is 7.61. The van der Waals surface area contributed by atoms with Crippen LogP contribution in [0.15, 0.2) is 48.5 Å². The molecule has 0 aromatic heterocycles. The summed E-state index contributed by atoms with van der Waals surface area (Å²) in [5.41, 5.74) is 1.22. The number of hydrogen-bond acceptors (Lipinski definition) is 4. The van der Waals surface area contributed by atoms with Gasteiger partial charge in [-0.15, -0.1) is 0 Å². The number of carbonyl (C=O) groups is 1. The van der Waals surface area contributed by atoms with Crippen molar-refractivity contribution in [1.29, 1.82) is 0 Å². The van der Waals surface area contributed by atoms with Crippen molar-refractivity contribution in [2.45, 2.75) is 12.6 Å². The van der Waals surface area contributed by atoms with Gasteiger partial charge in [-0.05, 0) is 30.8 Å². The van der Waals surface area contributed by atoms with Crippen molar-refractivity contribution in [1.82, 2.24) is 14.7 Å². The van der Waals surface area contributed by atoms with Gasteiger partial charge in [0, 0.05) is 50.8 Å². The van der Waals surface area contributed by atoms with Crippen LogP contribution in [-0.4, -0.2) is 78.1 Å². The van der Waals surface area contributed by atoms with E-state index in [0.29, 0.717) is 44.3 Å². The largest absolute Gasteiger partial charge is 0.390 e. The predicted octanol–water partition coefficient (Wildman–Crippen LogP) is 2.73. The molecule has 1 fully saturated rings. The van der Waals surface area contributed by atoms with Gasteiger partial charge in [0.2, 0.25) is 0 Å². The fourth-order valence-electron chi connectivity index (χ4n) is 3.64. The Hall–Kier alpha value is -1.99. The van der Waals surface area contributed by atoms with Crippen LogP contribution in [-0.2, 0) is 6.54 Å². The number of hydrogen-bond donors (Lipinski definition) is 1. The summed E-state index contributed by atoms with van der Waals surface area (Å²) in [4.78, 5) is 18.4. The average Bonchev–Trinajstić information content (AvgIpc) is 2.70. The molecule has 1 aliphatic heterocycles. The second-order valence-corrected chi connectivity index (χ2v) is 7.99. The molecular formula is C22H27ClFN3O2. The van der Waals surface area contributed by atoms with Gasteiger partial charge in [0.1, 0.15) is 5.82 Å². The van der Waals surface area contributed by atoms with Crippen LogP contribution in [0.4, 0.5) is 4.39 Å². The minimum Gasteiger partial charge on any atom is -0.390 e. The van der Waals surface area contributed by atoms with Crippen molar-refractivity contribution in [3.05, 3.63) is 70.5 Å². The van der Waals surface area contributed by atoms with E-state index in [4.69, 9.17) is 11.6 Å². The summed E-state index contributed by atoms with van der Waals surface area (Å²) in [5, 5.41) is 10.8. The van der Waals surface area contributed by atoms with E-state index in [1.54, 1.807) is 4.90 Å². The lowest BCUT2D eigenvalue weighted by Crippen LogP contribution is -2.51. The molecule has 1 unspecified atom stereocenters. The fourth-order valence-corrected chi connectivity index (χ4v) is 3.81. The SMILES string of the molecule is CN(Cc1ccccc1)CC(O)CN1CCN(C(=O)c2cc(Cl)ccc2F)CC1. The summed E-state index contributed by atoms with van der Waals surface area (Å²) in [6.45, 7) is 4.19. The first-order chi connectivity index (χ1) is 13.9. The maximum absolute atomic E-state index is 13.9. The fraction of sp³-hybridized carbons (Fsp3) is 0.409. The maximum Gasteiger partial charge on any atom is 0.256 e. The zero-order valence-corrected chi connectivity index (χ0v) is 17.4. The van der Waals surface area contributed by atoms with E-state index < -0.39 is 11.9 Å². The van der Waals surface area contributed by atoms with E-state index in [1.807, 2.05) is 25.2 Å². The Morgan fingerprint density at radius 1 is 1.17 bits per heavy atom. The zero-order chi connectivity index (χ0) is 20.8. The van der Waals surface area contributed by atoms with Gasteiger partial charge in [-0.2, -0.15) is 0 Å². The van der Waals surface area contributed by atoms with E-state index in [-0.39, 0.29) is 11.5 Å². The first-order valence-electron chi connectivity index (χ1n) is 9.79. The third kappa shape index (κ3) is 6.24. The molecule has 1 amide bonds. The number of amides is 1. The molecule has 2 aromatic rings. The van der Waals surface area contributed by atoms with Crippen molar-refractivity contribution in [2.24, 2.45) is 0 Å². The molecule has 7 heteroatoms. The van der Waals surface area contributed by atoms with Crippen LogP contribution in [0.25, 0.3) is 0 Å². The number of aliphatic hydroxyl groups is 1. The number of piperazine rings is 1. The molecule has 5 nitrogen and oxygen atoms in total. The predicted molar refractivity (Wildman–Crippen MR) is 113 cm³/mol. The molecule has 1 heterocycles. The highest BCUT2D eigenvalue weighted by molar-refractivity contribution is 6.31. The molecule has 1 aliphatic rings. The molecule has 3 rings (SSSR count). The Labute approximate surface area is 176 Å². The summed E-state index contributed by atoms with van der Waals surface area (Å²) in [6, 6.07) is 14.2. The summed E-state index contributed by atoms with van der Waals surface area (Å²) in [6.07, 6.45) is -0.476. The van der Waals surface area contributed by atoms with Crippen LogP contribution in [0.3, 0.4) is 0 Å². The number of carbonyl (C=O) groups excluding carboxylic acids is 1. The number of β-amino-alcohol motifs (C(OH)–C–C–N with tert-alkyl or cyclic N) is 1. The second-order valence-electron chi connectivity index (χ2n) is 7.55. The summed E-state index contributed by atoms with van der Waals surface area (Å²) >= 11 is 5.90. The van der Waals surface area contributed by atoms with Crippen LogP contribution < -0.4 is 0 Å². The number of halogens is 2. The number of benzene rings is 2. The third-order valence-corrected chi connectivity index (χ3v) is 5.34. The molecule has 0 saturated carbocycles. The topological polar surface area (TPSA) is 47.0 Å². The van der Waals surface area contributed by atoms with Crippen LogP contribution in [0.2, 0.25) is 5.02 Å². The van der Waals surface area contributed by atoms with E-state index in [2.05, 4.69) is 21.9 Å². The first-order valence-corrected chi connectivity index (χ1v) is 10.2. The van der Waals surface area contributed by atoms with Crippen molar-refractivity contribution >= 4 is 17.5 Å². The zero-order valence-electron chi connectivity index (χ0n) is 16.6. The highest BCUT2D eigenvalue weighted by Gasteiger charge is 2.25. The molecular weight excluding hydrogens is 393 g/mol. The lowest BCUT2D eigenvalue weighted by molar-refractivity contribution is 0.0451. The Bertz CT molecular complexity index is 813. The summed E-state index contributed by atoms with van der Waals surface area (Å²) in [5.74, 6) is -0.897. The average molecular weight is 420 g/mol. The molecule has 0 radical (unpaired) electrons. The number of rotatable bonds is 7. The maximum atomic E-state index is 13.9. The highest BCUT2D eigenvalue weighted by atomic mass is 35.5. The Morgan fingerprint density at radius 2 is 1.86 bits per heavy atom. The van der Waals surface area contributed by atoms with Crippen LogP contribution >= 0.6 is 11.6 Å². The van der Waals surface area contributed by atoms with Gasteiger partial charge in [-0.25, -0.2) is 4.39 Å². The quantitative estimate of drug-likeness (QED) is 0.749. The molecule has 0 spiro atoms. The minimum absolute atomic E-state index is 0.00789. The molecule has 156 valence electrons. The van der Waals surface area contributed by atoms with Gasteiger partial charge >= 0.3 is 0 Å². The van der Waals surface area contributed by atoms with Crippen molar-refractivity contribution < 1.29 is 14.3 Å². The normalized spacial score (nSPS) is 16.2. The van der Waals surface area contributed by atoms with Crippen molar-refractivity contribution in [3.63, 3.8) is 0 Å². The Morgan fingerprint density at radius 3 is 2.55 bits per heavy atom. The monoisotopic (exact) mass is 419 g/mol. The van der Waals surface area contributed by atoms with Crippen LogP contribution in [0.5, 0.6) is 0 Å². The minimum atomic E-state index is -0.557. The van der Waals surface area contributed by atoms with Gasteiger partial charge < -0.3 is 10.0 Å². The third-order valence-electron chi connectivity index (χ3n) is 5.11. The number of aliphatic hydroxyl groups excluding tert-OH is 1. The molecule has 1 atom stereocenters. The van der Waals surface area contributed by atoms with Gasteiger partial charge in [-0.3, -0.25) is 14.6 Å². The van der Waals surface area contributed by atoms with Gasteiger partial charge in [0.05, 0.1) is 11.7 Å². The van der Waals surface area contributed by atoms with Gasteiger partial charge in [0.25, 0.3) is 5.91 Å². The highest BCUT2D eigenvalue weighted by Crippen LogP contribution is 2.18. The van der Waals surface area contributed by atoms with E-state index in [0.717, 1.165) is 6.54 Å². The van der Waals surface area contributed by atoms with Gasteiger partial charge in [-0.1, -0.05) is 41.9 Å². The standard InChI is InChI=1S/C22H27ClFN3O2/c1-25(14-17-5-3-2-4-6-17)15-19(28)16-26-9-11-27(12-10-26)22(29)20-13-18(23)7-8-21(20)24/h2-8,13,19,28H,9-12,14-16H2,1H3. The van der Waals surface area contributed by atoms with Crippen LogP contribution in [0.1, 0.15) is 15.9 Å². The number of likely N-dealkylation sites (N-methyl/N-ethyl adjacent to an activating group) is 1. The van der Waals surface area contributed by atoms with Gasteiger partial charge in [0.15, 0.2) is 0 Å². The first kappa shape index (κ1) is 21.7. The summed E-state index contributed by atoms with van der Waals surface area (Å²) in [7, 11) is 1.99. The molecule has 29 heavy (non-hydrogen) atoms. The lowest BCUT2D eigenvalue weighted by atomic mass is 10.1. The number of nitrogens with zero attached hydrogens (tertiary/aromatic N) is 3. The van der Waals surface area contributed by atoms with E-state index >= 15 is 0 Å². The van der Waals surface area contributed by atoms with Crippen molar-refractivity contribution in [2.75, 3.05) is 46.3 Å². The molecule has 2 aromatic carbocycles. The lowest BCUT2D eigenvalue weighted by Gasteiger charge is -2.36.